The molecule has 1 unspecified atom stereocenters. The van der Waals surface area contributed by atoms with Crippen LogP contribution in [0.15, 0.2) is 24.3 Å². The number of aliphatic hydroxyl groups is 1. The first-order valence-corrected chi connectivity index (χ1v) is 6.82. The molecule has 2 rings (SSSR count). The Hall–Kier alpha value is -1.55. The molecule has 0 radical (unpaired) electrons. The number of hydrogen-bond donors (Lipinski definition) is 1. The molecule has 1 aliphatic heterocycles. The lowest BCUT2D eigenvalue weighted by Crippen LogP contribution is -2.44. The maximum atomic E-state index is 12.5. The van der Waals surface area contributed by atoms with Gasteiger partial charge in [-0.2, -0.15) is 0 Å². The normalized spacial score (nSPS) is 19.3. The molecule has 4 heteroatoms. The average Bonchev–Trinajstić information content (AvgIpc) is 2.47. The van der Waals surface area contributed by atoms with Gasteiger partial charge in [0.15, 0.2) is 0 Å². The third-order valence-electron chi connectivity index (χ3n) is 3.67. The highest BCUT2D eigenvalue weighted by molar-refractivity contribution is 5.94. The number of likely N-dealkylation sites (tertiary alicyclic amines) is 1. The summed E-state index contributed by atoms with van der Waals surface area (Å²) in [5.41, 5.74) is 0.657. The molecule has 19 heavy (non-hydrogen) atoms. The summed E-state index contributed by atoms with van der Waals surface area (Å²) in [7, 11) is 1.60. The number of rotatable bonds is 4. The van der Waals surface area contributed by atoms with E-state index in [1.165, 1.54) is 0 Å². The van der Waals surface area contributed by atoms with Crippen LogP contribution in [0.5, 0.6) is 5.75 Å². The molecular formula is C15H21NO3. The van der Waals surface area contributed by atoms with E-state index < -0.39 is 0 Å². The number of benzene rings is 1. The Morgan fingerprint density at radius 2 is 2.32 bits per heavy atom. The predicted molar refractivity (Wildman–Crippen MR) is 73.4 cm³/mol. The van der Waals surface area contributed by atoms with Crippen molar-refractivity contribution in [2.75, 3.05) is 20.3 Å². The maximum Gasteiger partial charge on any atom is 0.254 e. The van der Waals surface area contributed by atoms with Crippen molar-refractivity contribution in [3.63, 3.8) is 0 Å². The van der Waals surface area contributed by atoms with Crippen LogP contribution in [0.1, 0.15) is 36.0 Å². The number of aliphatic hydroxyl groups excluding tert-OH is 1. The highest BCUT2D eigenvalue weighted by Gasteiger charge is 2.27. The van der Waals surface area contributed by atoms with E-state index >= 15 is 0 Å². The smallest absolute Gasteiger partial charge is 0.254 e. The fraction of sp³-hybridized carbons (Fsp3) is 0.533. The Kier molecular flexibility index (Phi) is 4.80. The van der Waals surface area contributed by atoms with Crippen LogP contribution < -0.4 is 4.74 Å². The van der Waals surface area contributed by atoms with Gasteiger partial charge in [0.05, 0.1) is 7.11 Å². The molecule has 1 amide bonds. The quantitative estimate of drug-likeness (QED) is 0.904. The van der Waals surface area contributed by atoms with Gasteiger partial charge in [0, 0.05) is 24.8 Å². The van der Waals surface area contributed by atoms with Gasteiger partial charge in [0.2, 0.25) is 0 Å². The van der Waals surface area contributed by atoms with Crippen molar-refractivity contribution in [2.24, 2.45) is 0 Å². The SMILES string of the molecule is COc1cccc(C(=O)N2CCCCC2CCO)c1. The molecule has 0 aliphatic carbocycles. The molecule has 0 bridgehead atoms. The molecule has 1 atom stereocenters. The van der Waals surface area contributed by atoms with Crippen molar-refractivity contribution in [3.8, 4) is 5.75 Å². The second-order valence-electron chi connectivity index (χ2n) is 4.89. The molecule has 1 saturated heterocycles. The summed E-state index contributed by atoms with van der Waals surface area (Å²) in [5, 5.41) is 9.11. The lowest BCUT2D eigenvalue weighted by molar-refractivity contribution is 0.0574. The van der Waals surface area contributed by atoms with E-state index in [4.69, 9.17) is 9.84 Å². The zero-order valence-electron chi connectivity index (χ0n) is 11.3. The van der Waals surface area contributed by atoms with Crippen molar-refractivity contribution < 1.29 is 14.6 Å². The van der Waals surface area contributed by atoms with Crippen LogP contribution in [0.2, 0.25) is 0 Å². The summed E-state index contributed by atoms with van der Waals surface area (Å²) < 4.78 is 5.16. The van der Waals surface area contributed by atoms with E-state index in [0.29, 0.717) is 17.7 Å². The standard InChI is InChI=1S/C15H21NO3/c1-19-14-7-4-5-12(11-14)15(18)16-9-3-2-6-13(16)8-10-17/h4-5,7,11,13,17H,2-3,6,8-10H2,1H3. The number of hydrogen-bond acceptors (Lipinski definition) is 3. The van der Waals surface area contributed by atoms with E-state index in [2.05, 4.69) is 0 Å². The second kappa shape index (κ2) is 6.57. The Bertz CT molecular complexity index is 431. The van der Waals surface area contributed by atoms with E-state index in [-0.39, 0.29) is 18.6 Å². The van der Waals surface area contributed by atoms with E-state index in [0.717, 1.165) is 25.8 Å². The largest absolute Gasteiger partial charge is 0.497 e. The first-order valence-electron chi connectivity index (χ1n) is 6.82. The van der Waals surface area contributed by atoms with Crippen LogP contribution in [-0.2, 0) is 0 Å². The van der Waals surface area contributed by atoms with Crippen LogP contribution in [0.3, 0.4) is 0 Å². The van der Waals surface area contributed by atoms with Gasteiger partial charge in [0.1, 0.15) is 5.75 Å². The average molecular weight is 263 g/mol. The first kappa shape index (κ1) is 13.9. The highest BCUT2D eigenvalue weighted by Crippen LogP contribution is 2.23. The Morgan fingerprint density at radius 3 is 3.05 bits per heavy atom. The third kappa shape index (κ3) is 3.26. The molecule has 1 aromatic rings. The van der Waals surface area contributed by atoms with Gasteiger partial charge in [-0.1, -0.05) is 6.07 Å². The van der Waals surface area contributed by atoms with Crippen molar-refractivity contribution in [3.05, 3.63) is 29.8 Å². The molecule has 0 saturated carbocycles. The summed E-state index contributed by atoms with van der Waals surface area (Å²) in [6.07, 6.45) is 3.82. The van der Waals surface area contributed by atoms with E-state index in [1.807, 2.05) is 23.1 Å². The number of amides is 1. The van der Waals surface area contributed by atoms with Crippen molar-refractivity contribution in [1.82, 2.24) is 4.90 Å². The van der Waals surface area contributed by atoms with Crippen LogP contribution >= 0.6 is 0 Å². The molecule has 1 N–H and O–H groups in total. The molecule has 1 fully saturated rings. The second-order valence-corrected chi connectivity index (χ2v) is 4.89. The van der Waals surface area contributed by atoms with E-state index in [9.17, 15) is 4.79 Å². The molecule has 1 aliphatic rings. The molecule has 4 nitrogen and oxygen atoms in total. The molecule has 104 valence electrons. The zero-order chi connectivity index (χ0) is 13.7. The first-order chi connectivity index (χ1) is 9.26. The van der Waals surface area contributed by atoms with Crippen LogP contribution in [0.4, 0.5) is 0 Å². The van der Waals surface area contributed by atoms with Gasteiger partial charge in [-0.3, -0.25) is 4.79 Å². The van der Waals surface area contributed by atoms with E-state index in [1.54, 1.807) is 13.2 Å². The van der Waals surface area contributed by atoms with Crippen LogP contribution in [0, 0.1) is 0 Å². The Morgan fingerprint density at radius 1 is 1.47 bits per heavy atom. The number of carbonyl (C=O) groups is 1. The zero-order valence-corrected chi connectivity index (χ0v) is 11.3. The van der Waals surface area contributed by atoms with Gasteiger partial charge in [-0.25, -0.2) is 0 Å². The highest BCUT2D eigenvalue weighted by atomic mass is 16.5. The molecule has 1 aromatic carbocycles. The van der Waals surface area contributed by atoms with Gasteiger partial charge in [-0.05, 0) is 43.9 Å². The molecule has 1 heterocycles. The fourth-order valence-corrected chi connectivity index (χ4v) is 2.64. The lowest BCUT2D eigenvalue weighted by atomic mass is 9.98. The monoisotopic (exact) mass is 263 g/mol. The molecule has 0 aromatic heterocycles. The summed E-state index contributed by atoms with van der Waals surface area (Å²) in [4.78, 5) is 14.4. The van der Waals surface area contributed by atoms with Gasteiger partial charge in [0.25, 0.3) is 5.91 Å². The summed E-state index contributed by atoms with van der Waals surface area (Å²) in [5.74, 6) is 0.735. The number of nitrogens with zero attached hydrogens (tertiary/aromatic N) is 1. The van der Waals surface area contributed by atoms with Gasteiger partial charge in [-0.15, -0.1) is 0 Å². The van der Waals surface area contributed by atoms with Crippen molar-refractivity contribution in [2.45, 2.75) is 31.7 Å². The van der Waals surface area contributed by atoms with Crippen LogP contribution in [-0.4, -0.2) is 42.2 Å². The minimum atomic E-state index is 0.0389. The number of carbonyl (C=O) groups excluding carboxylic acids is 1. The number of piperidine rings is 1. The Balaban J connectivity index is 2.16. The number of ether oxygens (including phenoxy) is 1. The van der Waals surface area contributed by atoms with Gasteiger partial charge < -0.3 is 14.7 Å². The third-order valence-corrected chi connectivity index (χ3v) is 3.67. The van der Waals surface area contributed by atoms with Crippen molar-refractivity contribution >= 4 is 5.91 Å². The summed E-state index contributed by atoms with van der Waals surface area (Å²) in [6, 6.07) is 7.41. The summed E-state index contributed by atoms with van der Waals surface area (Å²) >= 11 is 0. The summed E-state index contributed by atoms with van der Waals surface area (Å²) in [6.45, 7) is 0.910. The molecular weight excluding hydrogens is 242 g/mol. The van der Waals surface area contributed by atoms with Crippen LogP contribution in [0.25, 0.3) is 0 Å². The minimum absolute atomic E-state index is 0.0389. The Labute approximate surface area is 114 Å². The van der Waals surface area contributed by atoms with Gasteiger partial charge >= 0.3 is 0 Å². The number of methoxy groups -OCH3 is 1. The predicted octanol–water partition coefficient (Wildman–Crippen LogP) is 2.07. The minimum Gasteiger partial charge on any atom is -0.497 e. The van der Waals surface area contributed by atoms with Crippen molar-refractivity contribution in [1.29, 1.82) is 0 Å². The fourth-order valence-electron chi connectivity index (χ4n) is 2.64. The topological polar surface area (TPSA) is 49.8 Å². The lowest BCUT2D eigenvalue weighted by Gasteiger charge is -2.35. The maximum absolute atomic E-state index is 12.5. The molecule has 0 spiro atoms.